The summed E-state index contributed by atoms with van der Waals surface area (Å²) in [5, 5.41) is 13.6. The molecule has 6 heteroatoms. The zero-order valence-corrected chi connectivity index (χ0v) is 14.6. The Morgan fingerprint density at radius 3 is 2.00 bits per heavy atom. The van der Waals surface area contributed by atoms with Crippen molar-refractivity contribution >= 4 is 34.2 Å². The fourth-order valence-electron chi connectivity index (χ4n) is 2.62. The number of rotatable bonds is 3. The summed E-state index contributed by atoms with van der Waals surface area (Å²) in [6.45, 7) is 3.32. The van der Waals surface area contributed by atoms with Gasteiger partial charge in [0, 0.05) is 28.2 Å². The molecular weight excluding hydrogens is 328 g/mol. The van der Waals surface area contributed by atoms with E-state index >= 15 is 0 Å². The zero-order chi connectivity index (χ0) is 18.8. The number of benzene rings is 2. The van der Waals surface area contributed by atoms with Crippen molar-refractivity contribution in [2.24, 2.45) is 4.99 Å². The molecule has 1 aliphatic rings. The summed E-state index contributed by atoms with van der Waals surface area (Å²) in [4.78, 5) is 17.1. The summed E-state index contributed by atoms with van der Waals surface area (Å²) in [5.41, 5.74) is 15.5. The minimum atomic E-state index is -0.270. The number of nitrogens with zero attached hydrogens (tertiary/aromatic N) is 1. The van der Waals surface area contributed by atoms with Crippen LogP contribution in [-0.2, 0) is 4.79 Å². The van der Waals surface area contributed by atoms with Gasteiger partial charge in [0.2, 0.25) is 5.78 Å². The van der Waals surface area contributed by atoms with Crippen LogP contribution in [-0.4, -0.2) is 16.6 Å². The number of aliphatic imine (C=N–C) groups is 1. The summed E-state index contributed by atoms with van der Waals surface area (Å²) in [6.07, 6.45) is 0. The van der Waals surface area contributed by atoms with Crippen molar-refractivity contribution in [1.82, 2.24) is 0 Å². The van der Waals surface area contributed by atoms with Crippen LogP contribution in [0.3, 0.4) is 0 Å². The predicted molar refractivity (Wildman–Crippen MR) is 105 cm³/mol. The van der Waals surface area contributed by atoms with Gasteiger partial charge in [-0.15, -0.1) is 0 Å². The molecule has 0 saturated carbocycles. The highest BCUT2D eigenvalue weighted by atomic mass is 16.3. The summed E-state index contributed by atoms with van der Waals surface area (Å²) in [6, 6.07) is 14.0. The molecule has 0 aliphatic heterocycles. The maximum absolute atomic E-state index is 12.6. The second-order valence-corrected chi connectivity index (χ2v) is 6.10. The predicted octanol–water partition coefficient (Wildman–Crippen LogP) is 3.72. The Morgan fingerprint density at radius 1 is 0.885 bits per heavy atom. The zero-order valence-electron chi connectivity index (χ0n) is 14.6. The highest BCUT2D eigenvalue weighted by Crippen LogP contribution is 2.28. The molecule has 0 saturated heterocycles. The fraction of sp³-hybridized carbons (Fsp3) is 0.100. The number of nitrogen functional groups attached to an aromatic ring is 2. The summed E-state index contributed by atoms with van der Waals surface area (Å²) < 4.78 is 0. The molecule has 0 aromatic heterocycles. The topological polar surface area (TPSA) is 114 Å². The van der Waals surface area contributed by atoms with Gasteiger partial charge in [0.1, 0.15) is 11.5 Å². The Bertz CT molecular complexity index is 952. The van der Waals surface area contributed by atoms with E-state index in [0.29, 0.717) is 34.0 Å². The molecule has 6 N–H and O–H groups in total. The van der Waals surface area contributed by atoms with Gasteiger partial charge >= 0.3 is 0 Å². The van der Waals surface area contributed by atoms with Crippen molar-refractivity contribution in [3.05, 3.63) is 71.1 Å². The quantitative estimate of drug-likeness (QED) is 0.498. The minimum absolute atomic E-state index is 0.118. The maximum atomic E-state index is 12.6. The van der Waals surface area contributed by atoms with Gasteiger partial charge in [-0.05, 0) is 62.4 Å². The van der Waals surface area contributed by atoms with Crippen LogP contribution in [0, 0.1) is 0 Å². The van der Waals surface area contributed by atoms with Crippen LogP contribution in [0.25, 0.3) is 0 Å². The number of aliphatic hydroxyl groups excluding tert-OH is 1. The smallest absolute Gasteiger partial charge is 0.209 e. The molecule has 0 spiro atoms. The molecule has 26 heavy (non-hydrogen) atoms. The molecule has 0 fully saturated rings. The molecule has 3 rings (SSSR count). The van der Waals surface area contributed by atoms with Crippen molar-refractivity contribution in [2.75, 3.05) is 16.8 Å². The second-order valence-electron chi connectivity index (χ2n) is 6.10. The summed E-state index contributed by atoms with van der Waals surface area (Å²) in [5.74, 6) is -0.389. The molecule has 6 nitrogen and oxygen atoms in total. The highest BCUT2D eigenvalue weighted by molar-refractivity contribution is 6.27. The number of nitrogens with two attached hydrogens (primary N) is 2. The van der Waals surface area contributed by atoms with Gasteiger partial charge in [0.15, 0.2) is 0 Å². The molecule has 0 heterocycles. The van der Waals surface area contributed by atoms with Crippen molar-refractivity contribution < 1.29 is 9.90 Å². The number of allylic oxidation sites excluding steroid dienone is 2. The van der Waals surface area contributed by atoms with Crippen molar-refractivity contribution in [1.29, 1.82) is 0 Å². The molecule has 0 unspecified atom stereocenters. The Kier molecular flexibility index (Phi) is 4.49. The van der Waals surface area contributed by atoms with E-state index in [1.165, 1.54) is 0 Å². The minimum Gasteiger partial charge on any atom is -0.505 e. The number of Topliss-reactive ketones (excluding diaryl/α,β-unsaturated/α-hetero) is 1. The van der Waals surface area contributed by atoms with Gasteiger partial charge < -0.3 is 21.9 Å². The Hall–Kier alpha value is -3.54. The first-order chi connectivity index (χ1) is 12.4. The average molecular weight is 348 g/mol. The lowest BCUT2D eigenvalue weighted by atomic mass is 9.93. The van der Waals surface area contributed by atoms with Crippen LogP contribution in [0.5, 0.6) is 0 Å². The number of hydrogen-bond donors (Lipinski definition) is 4. The largest absolute Gasteiger partial charge is 0.505 e. The maximum Gasteiger partial charge on any atom is 0.209 e. The number of hydrogen-bond acceptors (Lipinski definition) is 6. The third-order valence-electron chi connectivity index (χ3n) is 4.19. The highest BCUT2D eigenvalue weighted by Gasteiger charge is 2.29. The second kappa shape index (κ2) is 6.76. The van der Waals surface area contributed by atoms with E-state index in [1.54, 1.807) is 62.4 Å². The molecule has 0 amide bonds. The van der Waals surface area contributed by atoms with E-state index in [4.69, 9.17) is 11.5 Å². The first-order valence-corrected chi connectivity index (χ1v) is 8.10. The standard InChI is InChI=1S/C20H20N4O2/c1-11-17(23-15-7-3-13(21)4-8-15)19(25)12(2)20(26)18(11)24-16-9-5-14(22)6-10-16/h3-10,23,26H,21-22H2,1-2H3/b24-18-. The van der Waals surface area contributed by atoms with E-state index in [0.717, 1.165) is 5.69 Å². The van der Waals surface area contributed by atoms with Crippen LogP contribution < -0.4 is 16.8 Å². The van der Waals surface area contributed by atoms with Gasteiger partial charge in [0.05, 0.1) is 11.4 Å². The van der Waals surface area contributed by atoms with Crippen LogP contribution in [0.1, 0.15) is 13.8 Å². The molecule has 0 radical (unpaired) electrons. The van der Waals surface area contributed by atoms with Crippen molar-refractivity contribution in [3.8, 4) is 0 Å². The molecule has 132 valence electrons. The summed E-state index contributed by atoms with van der Waals surface area (Å²) >= 11 is 0. The van der Waals surface area contributed by atoms with E-state index in [1.807, 2.05) is 0 Å². The monoisotopic (exact) mass is 348 g/mol. The van der Waals surface area contributed by atoms with Gasteiger partial charge in [-0.2, -0.15) is 0 Å². The Morgan fingerprint density at radius 2 is 1.42 bits per heavy atom. The lowest BCUT2D eigenvalue weighted by molar-refractivity contribution is -0.112. The molecule has 2 aromatic rings. The Balaban J connectivity index is 2.04. The number of ketones is 1. The van der Waals surface area contributed by atoms with Crippen LogP contribution in [0.2, 0.25) is 0 Å². The molecule has 0 atom stereocenters. The number of aliphatic hydroxyl groups is 1. The molecule has 1 aliphatic carbocycles. The molecule has 2 aromatic carbocycles. The van der Waals surface area contributed by atoms with Crippen LogP contribution in [0.15, 0.2) is 76.1 Å². The lowest BCUT2D eigenvalue weighted by Gasteiger charge is -2.21. The fourth-order valence-corrected chi connectivity index (χ4v) is 2.62. The number of carbonyl (C=O) groups is 1. The summed E-state index contributed by atoms with van der Waals surface area (Å²) in [7, 11) is 0. The SMILES string of the molecule is CC1=C(O)/C(=N\c2ccc(N)cc2)C(C)=C(Nc2ccc(N)cc2)C1=O. The average Bonchev–Trinajstić information content (AvgIpc) is 2.64. The first kappa shape index (κ1) is 17.3. The van der Waals surface area contributed by atoms with Gasteiger partial charge in [0.25, 0.3) is 0 Å². The molecular formula is C20H20N4O2. The number of anilines is 3. The van der Waals surface area contributed by atoms with Crippen molar-refractivity contribution in [2.45, 2.75) is 13.8 Å². The Labute approximate surface area is 151 Å². The number of carbonyl (C=O) groups excluding carboxylic acids is 1. The van der Waals surface area contributed by atoms with E-state index in [2.05, 4.69) is 10.3 Å². The van der Waals surface area contributed by atoms with E-state index in [-0.39, 0.29) is 17.1 Å². The normalized spacial score (nSPS) is 16.4. The van der Waals surface area contributed by atoms with E-state index in [9.17, 15) is 9.90 Å². The van der Waals surface area contributed by atoms with Crippen LogP contribution in [0.4, 0.5) is 22.7 Å². The third kappa shape index (κ3) is 3.30. The lowest BCUT2D eigenvalue weighted by Crippen LogP contribution is -2.26. The van der Waals surface area contributed by atoms with Gasteiger partial charge in [-0.1, -0.05) is 0 Å². The number of nitrogens with one attached hydrogen (secondary N) is 1. The van der Waals surface area contributed by atoms with E-state index < -0.39 is 0 Å². The van der Waals surface area contributed by atoms with Crippen LogP contribution >= 0.6 is 0 Å². The third-order valence-corrected chi connectivity index (χ3v) is 4.19. The van der Waals surface area contributed by atoms with Crippen molar-refractivity contribution in [3.63, 3.8) is 0 Å². The molecule has 0 bridgehead atoms. The van der Waals surface area contributed by atoms with Gasteiger partial charge in [-0.3, -0.25) is 4.79 Å². The first-order valence-electron chi connectivity index (χ1n) is 8.10. The van der Waals surface area contributed by atoms with Gasteiger partial charge in [-0.25, -0.2) is 4.99 Å².